The summed E-state index contributed by atoms with van der Waals surface area (Å²) in [6, 6.07) is 11.2. The smallest absolute Gasteiger partial charge is 0.255 e. The van der Waals surface area contributed by atoms with Crippen molar-refractivity contribution in [1.82, 2.24) is 14.8 Å². The lowest BCUT2D eigenvalue weighted by Crippen LogP contribution is -2.50. The molecular formula is C20H24N4O3. The van der Waals surface area contributed by atoms with E-state index in [0.717, 1.165) is 11.4 Å². The number of benzene rings is 1. The molecule has 1 N–H and O–H groups in total. The minimum absolute atomic E-state index is 0.0477. The number of ether oxygens (including phenoxy) is 1. The van der Waals surface area contributed by atoms with Crippen molar-refractivity contribution in [3.63, 3.8) is 0 Å². The van der Waals surface area contributed by atoms with Crippen LogP contribution in [0.1, 0.15) is 24.2 Å². The summed E-state index contributed by atoms with van der Waals surface area (Å²) in [4.78, 5) is 31.9. The van der Waals surface area contributed by atoms with Gasteiger partial charge in [0.05, 0.1) is 17.9 Å². The number of nitrogens with zero attached hydrogens (tertiary/aromatic N) is 3. The number of nitrogens with one attached hydrogen (secondary N) is 1. The van der Waals surface area contributed by atoms with Crippen molar-refractivity contribution in [2.75, 3.05) is 38.1 Å². The van der Waals surface area contributed by atoms with Gasteiger partial charge in [-0.2, -0.15) is 0 Å². The molecule has 0 unspecified atom stereocenters. The van der Waals surface area contributed by atoms with E-state index in [4.69, 9.17) is 4.74 Å². The number of hydrogen-bond acceptors (Lipinski definition) is 5. The number of rotatable bonds is 5. The Bertz CT molecular complexity index is 799. The second-order valence-corrected chi connectivity index (χ2v) is 6.28. The molecule has 0 bridgehead atoms. The summed E-state index contributed by atoms with van der Waals surface area (Å²) in [5.74, 6) is 1.38. The molecule has 1 aliphatic heterocycles. The first-order valence-electron chi connectivity index (χ1n) is 9.08. The van der Waals surface area contributed by atoms with Crippen molar-refractivity contribution in [2.45, 2.75) is 13.8 Å². The van der Waals surface area contributed by atoms with Crippen LogP contribution in [0.5, 0.6) is 5.75 Å². The lowest BCUT2D eigenvalue weighted by atomic mass is 10.2. The van der Waals surface area contributed by atoms with Gasteiger partial charge < -0.3 is 19.9 Å². The van der Waals surface area contributed by atoms with Gasteiger partial charge in [0, 0.05) is 39.3 Å². The third-order valence-electron chi connectivity index (χ3n) is 4.47. The van der Waals surface area contributed by atoms with E-state index >= 15 is 0 Å². The average molecular weight is 368 g/mol. The predicted octanol–water partition coefficient (Wildman–Crippen LogP) is 2.53. The van der Waals surface area contributed by atoms with Crippen molar-refractivity contribution in [1.29, 1.82) is 0 Å². The van der Waals surface area contributed by atoms with Crippen molar-refractivity contribution in [3.8, 4) is 5.75 Å². The van der Waals surface area contributed by atoms with E-state index in [1.807, 2.05) is 31.2 Å². The molecule has 2 amide bonds. The Kier molecular flexibility index (Phi) is 5.90. The van der Waals surface area contributed by atoms with Gasteiger partial charge in [-0.25, -0.2) is 4.98 Å². The molecule has 7 nitrogen and oxygen atoms in total. The highest BCUT2D eigenvalue weighted by Crippen LogP contribution is 2.26. The van der Waals surface area contributed by atoms with Gasteiger partial charge in [-0.1, -0.05) is 12.1 Å². The largest absolute Gasteiger partial charge is 0.492 e. The fourth-order valence-corrected chi connectivity index (χ4v) is 2.99. The first-order valence-corrected chi connectivity index (χ1v) is 9.08. The third kappa shape index (κ3) is 4.55. The van der Waals surface area contributed by atoms with E-state index < -0.39 is 0 Å². The molecule has 1 fully saturated rings. The lowest BCUT2D eigenvalue weighted by Gasteiger charge is -2.34. The monoisotopic (exact) mass is 368 g/mol. The molecule has 142 valence electrons. The number of piperazine rings is 1. The molecule has 1 aromatic heterocycles. The highest BCUT2D eigenvalue weighted by Gasteiger charge is 2.23. The van der Waals surface area contributed by atoms with Gasteiger partial charge in [0.25, 0.3) is 5.91 Å². The molecule has 1 aliphatic rings. The van der Waals surface area contributed by atoms with Crippen molar-refractivity contribution in [3.05, 3.63) is 48.2 Å². The third-order valence-corrected chi connectivity index (χ3v) is 4.47. The van der Waals surface area contributed by atoms with Crippen LogP contribution in [0, 0.1) is 0 Å². The standard InChI is InChI=1S/C20H24N4O3/c1-3-27-18-7-5-4-6-17(18)22-19-9-8-16(14-21-19)20(26)24-12-10-23(11-13-24)15(2)25/h4-9,14H,3,10-13H2,1-2H3,(H,21,22). The summed E-state index contributed by atoms with van der Waals surface area (Å²) < 4.78 is 5.60. The van der Waals surface area contributed by atoms with Crippen molar-refractivity contribution in [2.24, 2.45) is 0 Å². The maximum absolute atomic E-state index is 12.6. The first kappa shape index (κ1) is 18.7. The van der Waals surface area contributed by atoms with E-state index in [-0.39, 0.29) is 11.8 Å². The van der Waals surface area contributed by atoms with Crippen LogP contribution < -0.4 is 10.1 Å². The van der Waals surface area contributed by atoms with E-state index in [0.29, 0.717) is 44.2 Å². The van der Waals surface area contributed by atoms with Crippen LogP contribution >= 0.6 is 0 Å². The van der Waals surface area contributed by atoms with E-state index in [9.17, 15) is 9.59 Å². The van der Waals surface area contributed by atoms with E-state index in [1.165, 1.54) is 0 Å². The second kappa shape index (κ2) is 8.53. The Balaban J connectivity index is 1.64. The topological polar surface area (TPSA) is 74.8 Å². The molecule has 2 heterocycles. The number of para-hydroxylation sites is 2. The highest BCUT2D eigenvalue weighted by molar-refractivity contribution is 5.94. The number of amides is 2. The van der Waals surface area contributed by atoms with E-state index in [1.54, 1.807) is 35.1 Å². The fraction of sp³-hybridized carbons (Fsp3) is 0.350. The molecular weight excluding hydrogens is 344 g/mol. The first-order chi connectivity index (χ1) is 13.1. The molecule has 2 aromatic rings. The zero-order valence-corrected chi connectivity index (χ0v) is 15.6. The molecule has 0 aliphatic carbocycles. The number of carbonyl (C=O) groups excluding carboxylic acids is 2. The van der Waals surface area contributed by atoms with Crippen molar-refractivity contribution < 1.29 is 14.3 Å². The number of hydrogen-bond donors (Lipinski definition) is 1. The van der Waals surface area contributed by atoms with Crippen LogP contribution in [0.15, 0.2) is 42.6 Å². The van der Waals surface area contributed by atoms with Crippen molar-refractivity contribution >= 4 is 23.3 Å². The predicted molar refractivity (Wildman–Crippen MR) is 103 cm³/mol. The molecule has 0 spiro atoms. The van der Waals surface area contributed by atoms with Gasteiger partial charge in [-0.3, -0.25) is 9.59 Å². The fourth-order valence-electron chi connectivity index (χ4n) is 2.99. The van der Waals surface area contributed by atoms with Gasteiger partial charge in [-0.05, 0) is 31.2 Å². The molecule has 0 radical (unpaired) electrons. The Morgan fingerprint density at radius 3 is 2.41 bits per heavy atom. The summed E-state index contributed by atoms with van der Waals surface area (Å²) in [6.07, 6.45) is 1.57. The van der Waals surface area contributed by atoms with Crippen LogP contribution in [-0.4, -0.2) is 59.4 Å². The van der Waals surface area contributed by atoms with Crippen LogP contribution in [0.3, 0.4) is 0 Å². The summed E-state index contributed by atoms with van der Waals surface area (Å²) in [5.41, 5.74) is 1.36. The number of aromatic nitrogens is 1. The highest BCUT2D eigenvalue weighted by atomic mass is 16.5. The summed E-state index contributed by atoms with van der Waals surface area (Å²) in [6.45, 7) is 6.30. The van der Waals surface area contributed by atoms with Crippen LogP contribution in [0.2, 0.25) is 0 Å². The minimum Gasteiger partial charge on any atom is -0.492 e. The number of anilines is 2. The molecule has 7 heteroatoms. The average Bonchev–Trinajstić information content (AvgIpc) is 2.70. The second-order valence-electron chi connectivity index (χ2n) is 6.28. The van der Waals surface area contributed by atoms with Crippen LogP contribution in [0.4, 0.5) is 11.5 Å². The Hall–Kier alpha value is -3.09. The molecule has 1 saturated heterocycles. The normalized spacial score (nSPS) is 14.0. The number of pyridine rings is 1. The molecule has 1 aromatic carbocycles. The maximum atomic E-state index is 12.6. The Morgan fingerprint density at radius 1 is 1.07 bits per heavy atom. The Morgan fingerprint density at radius 2 is 1.78 bits per heavy atom. The summed E-state index contributed by atoms with van der Waals surface area (Å²) in [5, 5.41) is 3.22. The van der Waals surface area contributed by atoms with Gasteiger partial charge in [0.2, 0.25) is 5.91 Å². The van der Waals surface area contributed by atoms with Crippen LogP contribution in [-0.2, 0) is 4.79 Å². The zero-order valence-electron chi connectivity index (χ0n) is 15.6. The lowest BCUT2D eigenvalue weighted by molar-refractivity contribution is -0.130. The minimum atomic E-state index is -0.0630. The quantitative estimate of drug-likeness (QED) is 0.878. The summed E-state index contributed by atoms with van der Waals surface area (Å²) in [7, 11) is 0. The molecule has 3 rings (SSSR count). The van der Waals surface area contributed by atoms with Gasteiger partial charge >= 0.3 is 0 Å². The number of carbonyl (C=O) groups is 2. The molecule has 27 heavy (non-hydrogen) atoms. The Labute approximate surface area is 158 Å². The maximum Gasteiger partial charge on any atom is 0.255 e. The summed E-state index contributed by atoms with van der Waals surface area (Å²) >= 11 is 0. The zero-order chi connectivity index (χ0) is 19.2. The molecule has 0 saturated carbocycles. The van der Waals surface area contributed by atoms with Gasteiger partial charge in [0.1, 0.15) is 11.6 Å². The van der Waals surface area contributed by atoms with E-state index in [2.05, 4.69) is 10.3 Å². The van der Waals surface area contributed by atoms with Gasteiger partial charge in [0.15, 0.2) is 0 Å². The SMILES string of the molecule is CCOc1ccccc1Nc1ccc(C(=O)N2CCN(C(C)=O)CC2)cn1. The molecule has 0 atom stereocenters. The van der Waals surface area contributed by atoms with Gasteiger partial charge in [-0.15, -0.1) is 0 Å². The van der Waals surface area contributed by atoms with Crippen LogP contribution in [0.25, 0.3) is 0 Å².